The van der Waals surface area contributed by atoms with Gasteiger partial charge in [0.1, 0.15) is 0 Å². The normalized spacial score (nSPS) is 14.3. The monoisotopic (exact) mass is 420 g/mol. The van der Waals surface area contributed by atoms with Crippen LogP contribution >= 0.6 is 0 Å². The van der Waals surface area contributed by atoms with Crippen molar-refractivity contribution in [2.24, 2.45) is 0 Å². The smallest absolute Gasteiger partial charge is 0.220 e. The lowest BCUT2D eigenvalue weighted by atomic mass is 10.0. The van der Waals surface area contributed by atoms with Crippen molar-refractivity contribution in [2.75, 3.05) is 6.61 Å². The number of ether oxygens (including phenoxy) is 1. The molecule has 0 radical (unpaired) electrons. The molecule has 0 spiro atoms. The number of aryl methyl sites for hydroxylation is 3. The zero-order chi connectivity index (χ0) is 22.0. The third kappa shape index (κ3) is 4.43. The predicted octanol–water partition coefficient (Wildman–Crippen LogP) is 4.74. The van der Waals surface area contributed by atoms with Crippen LogP contribution in [0.25, 0.3) is 16.7 Å². The van der Waals surface area contributed by atoms with Gasteiger partial charge in [-0.15, -0.1) is 0 Å². The maximum Gasteiger partial charge on any atom is 0.220 e. The van der Waals surface area contributed by atoms with Gasteiger partial charge in [0.25, 0.3) is 0 Å². The summed E-state index contributed by atoms with van der Waals surface area (Å²) < 4.78 is 7.82. The van der Waals surface area contributed by atoms with E-state index in [9.17, 15) is 4.79 Å². The highest BCUT2D eigenvalue weighted by Crippen LogP contribution is 2.32. The summed E-state index contributed by atoms with van der Waals surface area (Å²) in [4.78, 5) is 17.4. The van der Waals surface area contributed by atoms with E-state index in [2.05, 4.69) is 31.3 Å². The van der Waals surface area contributed by atoms with Crippen molar-refractivity contribution in [3.8, 4) is 11.6 Å². The van der Waals surface area contributed by atoms with E-state index in [4.69, 9.17) is 14.8 Å². The number of nitrogens with one attached hydrogen (secondary N) is 1. The summed E-state index contributed by atoms with van der Waals surface area (Å²) >= 11 is 0. The first kappa shape index (κ1) is 21.3. The topological polar surface area (TPSA) is 69.0 Å². The van der Waals surface area contributed by atoms with Crippen LogP contribution in [0.3, 0.4) is 0 Å². The number of amides is 1. The van der Waals surface area contributed by atoms with Gasteiger partial charge in [0.15, 0.2) is 5.65 Å². The molecule has 31 heavy (non-hydrogen) atoms. The van der Waals surface area contributed by atoms with Crippen molar-refractivity contribution in [1.82, 2.24) is 20.1 Å². The average molecular weight is 421 g/mol. The molecule has 0 unspecified atom stereocenters. The SMILES string of the molecule is CCOc1nc2c(c(C)nn2-c2cccc(C)c2)c(C)c1CCC(=O)NC1CCCC1. The Kier molecular flexibility index (Phi) is 6.25. The lowest BCUT2D eigenvalue weighted by Crippen LogP contribution is -2.32. The van der Waals surface area contributed by atoms with E-state index >= 15 is 0 Å². The molecule has 6 heteroatoms. The Balaban J connectivity index is 1.68. The number of carbonyl (C=O) groups excluding carboxylic acids is 1. The Morgan fingerprint density at radius 1 is 1.23 bits per heavy atom. The van der Waals surface area contributed by atoms with Crippen molar-refractivity contribution in [3.63, 3.8) is 0 Å². The summed E-state index contributed by atoms with van der Waals surface area (Å²) in [6.45, 7) is 8.66. The number of aromatic nitrogens is 3. The molecule has 1 aliphatic carbocycles. The number of fused-ring (bicyclic) bond motifs is 1. The lowest BCUT2D eigenvalue weighted by Gasteiger charge is -2.15. The van der Waals surface area contributed by atoms with Gasteiger partial charge in [-0.25, -0.2) is 4.68 Å². The highest BCUT2D eigenvalue weighted by molar-refractivity contribution is 5.86. The van der Waals surface area contributed by atoms with Crippen LogP contribution in [0, 0.1) is 20.8 Å². The third-order valence-corrected chi connectivity index (χ3v) is 6.18. The zero-order valence-corrected chi connectivity index (χ0v) is 19.0. The van der Waals surface area contributed by atoms with Crippen LogP contribution in [0.4, 0.5) is 0 Å². The second-order valence-electron chi connectivity index (χ2n) is 8.54. The molecule has 2 aromatic heterocycles. The third-order valence-electron chi connectivity index (χ3n) is 6.18. The van der Waals surface area contributed by atoms with Crippen molar-refractivity contribution < 1.29 is 9.53 Å². The van der Waals surface area contributed by atoms with Gasteiger partial charge in [-0.05, 0) is 70.2 Å². The van der Waals surface area contributed by atoms with E-state index in [1.807, 2.05) is 30.7 Å². The van der Waals surface area contributed by atoms with Gasteiger partial charge in [-0.3, -0.25) is 4.79 Å². The Labute approximate surface area is 184 Å². The van der Waals surface area contributed by atoms with Gasteiger partial charge in [0.2, 0.25) is 11.8 Å². The molecule has 2 heterocycles. The lowest BCUT2D eigenvalue weighted by molar-refractivity contribution is -0.121. The summed E-state index contributed by atoms with van der Waals surface area (Å²) in [6, 6.07) is 8.58. The second kappa shape index (κ2) is 9.08. The number of benzene rings is 1. The maximum atomic E-state index is 12.5. The highest BCUT2D eigenvalue weighted by Gasteiger charge is 2.22. The number of hydrogen-bond acceptors (Lipinski definition) is 4. The van der Waals surface area contributed by atoms with Gasteiger partial charge >= 0.3 is 0 Å². The molecule has 1 aromatic carbocycles. The van der Waals surface area contributed by atoms with Gasteiger partial charge < -0.3 is 10.1 Å². The molecule has 6 nitrogen and oxygen atoms in total. The van der Waals surface area contributed by atoms with Crippen molar-refractivity contribution in [3.05, 3.63) is 46.6 Å². The highest BCUT2D eigenvalue weighted by atomic mass is 16.5. The van der Waals surface area contributed by atoms with E-state index in [0.717, 1.165) is 46.4 Å². The first-order valence-electron chi connectivity index (χ1n) is 11.4. The molecule has 1 saturated carbocycles. The summed E-state index contributed by atoms with van der Waals surface area (Å²) in [5.74, 6) is 0.719. The molecule has 1 N–H and O–H groups in total. The summed E-state index contributed by atoms with van der Waals surface area (Å²) in [7, 11) is 0. The fraction of sp³-hybridized carbons (Fsp3) is 0.480. The van der Waals surface area contributed by atoms with Crippen LogP contribution in [-0.2, 0) is 11.2 Å². The molecule has 1 fully saturated rings. The zero-order valence-electron chi connectivity index (χ0n) is 19.0. The maximum absolute atomic E-state index is 12.5. The molecule has 0 saturated heterocycles. The molecule has 4 rings (SSSR count). The minimum Gasteiger partial charge on any atom is -0.478 e. The first-order chi connectivity index (χ1) is 15.0. The van der Waals surface area contributed by atoms with Crippen LogP contribution in [0.5, 0.6) is 5.88 Å². The minimum absolute atomic E-state index is 0.112. The standard InChI is InChI=1S/C25H32N4O2/c1-5-31-25-21(13-14-22(30)26-19-10-6-7-11-19)17(3)23-18(4)28-29(24(23)27-25)20-12-8-9-16(2)15-20/h8-9,12,15,19H,5-7,10-11,13-14H2,1-4H3,(H,26,30). The minimum atomic E-state index is 0.112. The quantitative estimate of drug-likeness (QED) is 0.600. The number of carbonyl (C=O) groups is 1. The van der Waals surface area contributed by atoms with Crippen LogP contribution in [0.2, 0.25) is 0 Å². The summed E-state index contributed by atoms with van der Waals surface area (Å²) in [6.07, 6.45) is 5.67. The van der Waals surface area contributed by atoms with Crippen molar-refractivity contribution in [2.45, 2.75) is 72.3 Å². The molecule has 164 valence electrons. The fourth-order valence-corrected chi connectivity index (χ4v) is 4.63. The van der Waals surface area contributed by atoms with E-state index in [1.165, 1.54) is 18.4 Å². The Morgan fingerprint density at radius 3 is 2.71 bits per heavy atom. The second-order valence-corrected chi connectivity index (χ2v) is 8.54. The fourth-order valence-electron chi connectivity index (χ4n) is 4.63. The van der Waals surface area contributed by atoms with Crippen LogP contribution in [0.1, 0.15) is 61.4 Å². The summed E-state index contributed by atoms with van der Waals surface area (Å²) in [5, 5.41) is 9.01. The number of pyridine rings is 1. The summed E-state index contributed by atoms with van der Waals surface area (Å²) in [5.41, 5.74) is 5.98. The molecule has 0 atom stereocenters. The molecule has 1 amide bonds. The van der Waals surface area contributed by atoms with Crippen LogP contribution < -0.4 is 10.1 Å². The number of hydrogen-bond donors (Lipinski definition) is 1. The largest absolute Gasteiger partial charge is 0.478 e. The van der Waals surface area contributed by atoms with E-state index in [-0.39, 0.29) is 5.91 Å². The van der Waals surface area contributed by atoms with Gasteiger partial charge in [-0.2, -0.15) is 10.1 Å². The molecular weight excluding hydrogens is 388 g/mol. The first-order valence-corrected chi connectivity index (χ1v) is 11.4. The molecule has 1 aliphatic rings. The average Bonchev–Trinajstić information content (AvgIpc) is 3.35. The molecule has 0 aliphatic heterocycles. The number of nitrogens with zero attached hydrogens (tertiary/aromatic N) is 3. The van der Waals surface area contributed by atoms with Crippen LogP contribution in [-0.4, -0.2) is 33.3 Å². The Morgan fingerprint density at radius 2 is 2.00 bits per heavy atom. The van der Waals surface area contributed by atoms with E-state index in [1.54, 1.807) is 0 Å². The van der Waals surface area contributed by atoms with E-state index < -0.39 is 0 Å². The van der Waals surface area contributed by atoms with Gasteiger partial charge in [0, 0.05) is 23.4 Å². The van der Waals surface area contributed by atoms with Crippen molar-refractivity contribution >= 4 is 16.9 Å². The Bertz CT molecular complexity index is 1100. The van der Waals surface area contributed by atoms with E-state index in [0.29, 0.717) is 31.4 Å². The predicted molar refractivity (Wildman–Crippen MR) is 123 cm³/mol. The number of rotatable bonds is 7. The van der Waals surface area contributed by atoms with Crippen molar-refractivity contribution in [1.29, 1.82) is 0 Å². The van der Waals surface area contributed by atoms with Gasteiger partial charge in [0.05, 0.1) is 18.0 Å². The molecular formula is C25H32N4O2. The molecule has 3 aromatic rings. The Hall–Kier alpha value is -2.89. The van der Waals surface area contributed by atoms with Crippen LogP contribution in [0.15, 0.2) is 24.3 Å². The van der Waals surface area contributed by atoms with Gasteiger partial charge in [-0.1, -0.05) is 25.0 Å². The molecule has 0 bridgehead atoms.